The maximum absolute atomic E-state index is 11.8. The Kier molecular flexibility index (Phi) is 3.16. The van der Waals surface area contributed by atoms with Crippen molar-refractivity contribution in [1.29, 1.82) is 0 Å². The lowest BCUT2D eigenvalue weighted by Gasteiger charge is -2.17. The lowest BCUT2D eigenvalue weighted by atomic mass is 9.95. The van der Waals surface area contributed by atoms with Gasteiger partial charge >= 0.3 is 0 Å². The van der Waals surface area contributed by atoms with Crippen LogP contribution in [0.1, 0.15) is 32.0 Å². The van der Waals surface area contributed by atoms with E-state index in [2.05, 4.69) is 28.5 Å². The maximum Gasteiger partial charge on any atom is 0.225 e. The average Bonchev–Trinajstić information content (AvgIpc) is 2.63. The highest BCUT2D eigenvalue weighted by Gasteiger charge is 2.20. The Labute approximate surface area is 108 Å². The lowest BCUT2D eigenvalue weighted by molar-refractivity contribution is -0.128. The van der Waals surface area contributed by atoms with E-state index in [1.165, 1.54) is 5.39 Å². The van der Waals surface area contributed by atoms with E-state index in [1.54, 1.807) is 0 Å². The number of aromatic nitrogens is 1. The molecular formula is C15H20N2O. The second-order valence-corrected chi connectivity index (χ2v) is 5.81. The third kappa shape index (κ3) is 2.73. The molecule has 2 aromatic rings. The SMILES string of the molecule is Cc1cc2cc(CNC(=O)C(C)(C)C)ccc2[nH]1. The molecule has 1 aromatic carbocycles. The fraction of sp³-hybridized carbons (Fsp3) is 0.400. The summed E-state index contributed by atoms with van der Waals surface area (Å²) in [5.74, 6) is 0.0767. The molecule has 1 heterocycles. The quantitative estimate of drug-likeness (QED) is 0.837. The summed E-state index contributed by atoms with van der Waals surface area (Å²) in [6.07, 6.45) is 0. The second-order valence-electron chi connectivity index (χ2n) is 5.81. The van der Waals surface area contributed by atoms with Gasteiger partial charge in [0, 0.05) is 23.2 Å². The van der Waals surface area contributed by atoms with Crippen LogP contribution in [-0.4, -0.2) is 10.9 Å². The molecule has 0 radical (unpaired) electrons. The first kappa shape index (κ1) is 12.7. The molecule has 0 aliphatic carbocycles. The molecule has 0 aliphatic rings. The van der Waals surface area contributed by atoms with Gasteiger partial charge in [0.15, 0.2) is 0 Å². The normalized spacial score (nSPS) is 11.8. The topological polar surface area (TPSA) is 44.9 Å². The third-order valence-corrected chi connectivity index (χ3v) is 2.95. The molecule has 2 N–H and O–H groups in total. The lowest BCUT2D eigenvalue weighted by Crippen LogP contribution is -2.34. The average molecular weight is 244 g/mol. The molecule has 0 saturated heterocycles. The molecule has 0 aliphatic heterocycles. The standard InChI is InChI=1S/C15H20N2O/c1-10-7-12-8-11(5-6-13(12)17-10)9-16-14(18)15(2,3)4/h5-8,17H,9H2,1-4H3,(H,16,18). The number of H-pyrrole nitrogens is 1. The van der Waals surface area contributed by atoms with Crippen LogP contribution >= 0.6 is 0 Å². The summed E-state index contributed by atoms with van der Waals surface area (Å²) < 4.78 is 0. The third-order valence-electron chi connectivity index (χ3n) is 2.95. The van der Waals surface area contributed by atoms with Gasteiger partial charge in [0.1, 0.15) is 0 Å². The fourth-order valence-electron chi connectivity index (χ4n) is 1.88. The van der Waals surface area contributed by atoms with Crippen molar-refractivity contribution in [3.8, 4) is 0 Å². The number of nitrogens with one attached hydrogen (secondary N) is 2. The van der Waals surface area contributed by atoms with Gasteiger partial charge in [-0.3, -0.25) is 4.79 Å². The van der Waals surface area contributed by atoms with Gasteiger partial charge in [-0.2, -0.15) is 0 Å². The van der Waals surface area contributed by atoms with Crippen LogP contribution in [0.25, 0.3) is 10.9 Å². The molecule has 0 spiro atoms. The van der Waals surface area contributed by atoms with E-state index in [1.807, 2.05) is 33.8 Å². The molecule has 0 unspecified atom stereocenters. The van der Waals surface area contributed by atoms with Crippen molar-refractivity contribution in [2.45, 2.75) is 34.2 Å². The maximum atomic E-state index is 11.8. The minimum absolute atomic E-state index is 0.0767. The van der Waals surface area contributed by atoms with E-state index in [4.69, 9.17) is 0 Å². The molecule has 96 valence electrons. The number of aryl methyl sites for hydroxylation is 1. The first-order valence-electron chi connectivity index (χ1n) is 6.23. The number of aromatic amines is 1. The van der Waals surface area contributed by atoms with Crippen molar-refractivity contribution in [2.75, 3.05) is 0 Å². The number of hydrogen-bond acceptors (Lipinski definition) is 1. The van der Waals surface area contributed by atoms with E-state index in [9.17, 15) is 4.79 Å². The van der Waals surface area contributed by atoms with E-state index < -0.39 is 0 Å². The van der Waals surface area contributed by atoms with Crippen molar-refractivity contribution in [2.24, 2.45) is 5.41 Å². The predicted molar refractivity (Wildman–Crippen MR) is 74.3 cm³/mol. The van der Waals surface area contributed by atoms with Gasteiger partial charge in [0.2, 0.25) is 5.91 Å². The number of benzene rings is 1. The molecule has 18 heavy (non-hydrogen) atoms. The molecule has 0 bridgehead atoms. The highest BCUT2D eigenvalue weighted by Crippen LogP contribution is 2.17. The minimum Gasteiger partial charge on any atom is -0.359 e. The van der Waals surface area contributed by atoms with Crippen molar-refractivity contribution in [1.82, 2.24) is 10.3 Å². The van der Waals surface area contributed by atoms with E-state index in [-0.39, 0.29) is 11.3 Å². The number of fused-ring (bicyclic) bond motifs is 1. The van der Waals surface area contributed by atoms with Crippen LogP contribution in [0, 0.1) is 12.3 Å². The zero-order chi connectivity index (χ0) is 13.3. The first-order valence-corrected chi connectivity index (χ1v) is 6.23. The molecule has 0 atom stereocenters. The van der Waals surface area contributed by atoms with Crippen molar-refractivity contribution in [3.05, 3.63) is 35.5 Å². The highest BCUT2D eigenvalue weighted by atomic mass is 16.2. The number of carbonyl (C=O) groups is 1. The number of amides is 1. The smallest absolute Gasteiger partial charge is 0.225 e. The van der Waals surface area contributed by atoms with Gasteiger partial charge < -0.3 is 10.3 Å². The summed E-state index contributed by atoms with van der Waals surface area (Å²) in [5.41, 5.74) is 3.08. The molecule has 0 fully saturated rings. The minimum atomic E-state index is -0.339. The van der Waals surface area contributed by atoms with E-state index in [0.29, 0.717) is 6.54 Å². The van der Waals surface area contributed by atoms with Crippen molar-refractivity contribution < 1.29 is 4.79 Å². The Balaban J connectivity index is 2.10. The molecule has 1 amide bonds. The highest BCUT2D eigenvalue weighted by molar-refractivity contribution is 5.82. The van der Waals surface area contributed by atoms with Crippen LogP contribution in [-0.2, 0) is 11.3 Å². The zero-order valence-corrected chi connectivity index (χ0v) is 11.4. The van der Waals surface area contributed by atoms with Gasteiger partial charge in [0.25, 0.3) is 0 Å². The Morgan fingerprint density at radius 1 is 1.28 bits per heavy atom. The van der Waals surface area contributed by atoms with Crippen LogP contribution in [0.3, 0.4) is 0 Å². The van der Waals surface area contributed by atoms with E-state index >= 15 is 0 Å². The van der Waals surface area contributed by atoms with Crippen LogP contribution in [0.15, 0.2) is 24.3 Å². The fourth-order valence-corrected chi connectivity index (χ4v) is 1.88. The molecular weight excluding hydrogens is 224 g/mol. The summed E-state index contributed by atoms with van der Waals surface area (Å²) in [6.45, 7) is 8.38. The Morgan fingerprint density at radius 2 is 2.00 bits per heavy atom. The summed E-state index contributed by atoms with van der Waals surface area (Å²) in [6, 6.07) is 8.33. The largest absolute Gasteiger partial charge is 0.359 e. The molecule has 0 saturated carbocycles. The van der Waals surface area contributed by atoms with Crippen molar-refractivity contribution in [3.63, 3.8) is 0 Å². The number of carbonyl (C=O) groups excluding carboxylic acids is 1. The molecule has 3 heteroatoms. The van der Waals surface area contributed by atoms with Gasteiger partial charge in [-0.15, -0.1) is 0 Å². The van der Waals surface area contributed by atoms with Gasteiger partial charge in [-0.25, -0.2) is 0 Å². The predicted octanol–water partition coefficient (Wildman–Crippen LogP) is 3.14. The van der Waals surface area contributed by atoms with Gasteiger partial charge in [-0.1, -0.05) is 26.8 Å². The number of rotatable bonds is 2. The van der Waals surface area contributed by atoms with Crippen LogP contribution in [0.5, 0.6) is 0 Å². The second kappa shape index (κ2) is 4.48. The van der Waals surface area contributed by atoms with Crippen LogP contribution < -0.4 is 5.32 Å². The Bertz CT molecular complexity index is 576. The van der Waals surface area contributed by atoms with Crippen LogP contribution in [0.2, 0.25) is 0 Å². The van der Waals surface area contributed by atoms with Gasteiger partial charge in [-0.05, 0) is 36.1 Å². The van der Waals surface area contributed by atoms with Crippen molar-refractivity contribution >= 4 is 16.8 Å². The number of hydrogen-bond donors (Lipinski definition) is 2. The summed E-state index contributed by atoms with van der Waals surface area (Å²) >= 11 is 0. The Morgan fingerprint density at radius 3 is 2.67 bits per heavy atom. The zero-order valence-electron chi connectivity index (χ0n) is 11.4. The monoisotopic (exact) mass is 244 g/mol. The summed E-state index contributed by atoms with van der Waals surface area (Å²) in [4.78, 5) is 15.1. The molecule has 2 rings (SSSR count). The summed E-state index contributed by atoms with van der Waals surface area (Å²) in [7, 11) is 0. The van der Waals surface area contributed by atoms with Gasteiger partial charge in [0.05, 0.1) is 0 Å². The van der Waals surface area contributed by atoms with Crippen LogP contribution in [0.4, 0.5) is 0 Å². The van der Waals surface area contributed by atoms with E-state index in [0.717, 1.165) is 16.8 Å². The molecule has 3 nitrogen and oxygen atoms in total. The Hall–Kier alpha value is -1.77. The summed E-state index contributed by atoms with van der Waals surface area (Å²) in [5, 5.41) is 4.15. The molecule has 1 aromatic heterocycles. The first-order chi connectivity index (χ1) is 8.36.